The molecule has 0 radical (unpaired) electrons. The number of ether oxygens (including phenoxy) is 1. The first-order valence-corrected chi connectivity index (χ1v) is 7.53. The maximum Gasteiger partial charge on any atom is 0.313 e. The largest absolute Gasteiger partial charge is 0.469 e. The third-order valence-electron chi connectivity index (χ3n) is 3.28. The maximum absolute atomic E-state index is 11.8. The highest BCUT2D eigenvalue weighted by Crippen LogP contribution is 2.19. The van der Waals surface area contributed by atoms with E-state index in [0.717, 1.165) is 0 Å². The Hall–Kier alpha value is -2.90. The standard InChI is InChI=1S/C16H19N3O5/c1-10-18-12-7-6-11(9-13(12)24-10)19-16(22)15(21)17-8-4-3-5-14(20)23-2/h6-7,9H,3-5,8H2,1-2H3,(H,17,21)(H,19,22). The fourth-order valence-corrected chi connectivity index (χ4v) is 2.08. The van der Waals surface area contributed by atoms with Gasteiger partial charge in [-0.2, -0.15) is 0 Å². The lowest BCUT2D eigenvalue weighted by Crippen LogP contribution is -2.35. The number of carbonyl (C=O) groups excluding carboxylic acids is 3. The molecule has 0 aliphatic rings. The van der Waals surface area contributed by atoms with Crippen LogP contribution in [0.25, 0.3) is 11.1 Å². The molecular formula is C16H19N3O5. The highest BCUT2D eigenvalue weighted by atomic mass is 16.5. The van der Waals surface area contributed by atoms with E-state index in [-0.39, 0.29) is 12.4 Å². The van der Waals surface area contributed by atoms with E-state index in [9.17, 15) is 14.4 Å². The molecule has 24 heavy (non-hydrogen) atoms. The van der Waals surface area contributed by atoms with Gasteiger partial charge in [0, 0.05) is 31.6 Å². The molecule has 8 nitrogen and oxygen atoms in total. The molecule has 0 atom stereocenters. The summed E-state index contributed by atoms with van der Waals surface area (Å²) in [6.07, 6.45) is 1.45. The molecule has 1 heterocycles. The van der Waals surface area contributed by atoms with Crippen molar-refractivity contribution in [3.8, 4) is 0 Å². The van der Waals surface area contributed by atoms with Crippen molar-refractivity contribution in [2.24, 2.45) is 0 Å². The summed E-state index contributed by atoms with van der Waals surface area (Å²) in [6, 6.07) is 4.95. The number of unbranched alkanes of at least 4 members (excludes halogenated alkanes) is 1. The number of aromatic nitrogens is 1. The molecule has 0 unspecified atom stereocenters. The molecular weight excluding hydrogens is 314 g/mol. The summed E-state index contributed by atoms with van der Waals surface area (Å²) >= 11 is 0. The molecule has 0 saturated carbocycles. The average Bonchev–Trinajstić information content (AvgIpc) is 2.93. The number of benzene rings is 1. The van der Waals surface area contributed by atoms with E-state index in [1.165, 1.54) is 7.11 Å². The van der Waals surface area contributed by atoms with E-state index in [2.05, 4.69) is 20.4 Å². The number of rotatable bonds is 6. The normalized spacial score (nSPS) is 10.4. The first kappa shape index (κ1) is 17.5. The highest BCUT2D eigenvalue weighted by Gasteiger charge is 2.14. The Morgan fingerprint density at radius 1 is 1.21 bits per heavy atom. The second kappa shape index (κ2) is 8.09. The molecule has 0 bridgehead atoms. The van der Waals surface area contributed by atoms with E-state index < -0.39 is 11.8 Å². The molecule has 0 aliphatic heterocycles. The lowest BCUT2D eigenvalue weighted by Gasteiger charge is -2.06. The van der Waals surface area contributed by atoms with Gasteiger partial charge in [0.1, 0.15) is 5.52 Å². The summed E-state index contributed by atoms with van der Waals surface area (Å²) in [5.41, 5.74) is 1.67. The highest BCUT2D eigenvalue weighted by molar-refractivity contribution is 6.39. The molecule has 1 aromatic heterocycles. The van der Waals surface area contributed by atoms with Crippen LogP contribution in [0.1, 0.15) is 25.2 Å². The maximum atomic E-state index is 11.8. The van der Waals surface area contributed by atoms with Crippen molar-refractivity contribution < 1.29 is 23.5 Å². The zero-order chi connectivity index (χ0) is 17.5. The number of amides is 2. The van der Waals surface area contributed by atoms with Crippen molar-refractivity contribution >= 4 is 34.6 Å². The van der Waals surface area contributed by atoms with Gasteiger partial charge in [0.25, 0.3) is 0 Å². The van der Waals surface area contributed by atoms with Gasteiger partial charge >= 0.3 is 17.8 Å². The van der Waals surface area contributed by atoms with E-state index in [1.54, 1.807) is 25.1 Å². The van der Waals surface area contributed by atoms with E-state index in [1.807, 2.05) is 0 Å². The number of anilines is 1. The molecule has 8 heteroatoms. The molecule has 2 aromatic rings. The third-order valence-corrected chi connectivity index (χ3v) is 3.28. The minimum Gasteiger partial charge on any atom is -0.469 e. The van der Waals surface area contributed by atoms with Gasteiger partial charge in [-0.3, -0.25) is 14.4 Å². The van der Waals surface area contributed by atoms with Gasteiger partial charge in [-0.1, -0.05) is 0 Å². The summed E-state index contributed by atoms with van der Waals surface area (Å²) in [6.45, 7) is 2.04. The molecule has 2 amide bonds. The van der Waals surface area contributed by atoms with Gasteiger partial charge in [-0.15, -0.1) is 0 Å². The van der Waals surface area contributed by atoms with Gasteiger partial charge in [0.2, 0.25) is 0 Å². The van der Waals surface area contributed by atoms with Crippen molar-refractivity contribution in [1.29, 1.82) is 0 Å². The number of aryl methyl sites for hydroxylation is 1. The van der Waals surface area contributed by atoms with Crippen LogP contribution in [-0.4, -0.2) is 36.4 Å². The number of fused-ring (bicyclic) bond motifs is 1. The quantitative estimate of drug-likeness (QED) is 0.471. The zero-order valence-electron chi connectivity index (χ0n) is 13.5. The molecule has 2 N–H and O–H groups in total. The molecule has 0 saturated heterocycles. The summed E-state index contributed by atoms with van der Waals surface area (Å²) in [4.78, 5) is 38.6. The fraction of sp³-hybridized carbons (Fsp3) is 0.375. The lowest BCUT2D eigenvalue weighted by molar-refractivity contribution is -0.140. The molecule has 1 aromatic carbocycles. The van der Waals surface area contributed by atoms with Crippen molar-refractivity contribution in [3.63, 3.8) is 0 Å². The topological polar surface area (TPSA) is 111 Å². The Bertz CT molecular complexity index is 753. The lowest BCUT2D eigenvalue weighted by atomic mass is 10.2. The van der Waals surface area contributed by atoms with E-state index in [0.29, 0.717) is 42.1 Å². The Morgan fingerprint density at radius 2 is 2.00 bits per heavy atom. The van der Waals surface area contributed by atoms with Crippen molar-refractivity contribution in [3.05, 3.63) is 24.1 Å². The average molecular weight is 333 g/mol. The van der Waals surface area contributed by atoms with Crippen LogP contribution in [0.2, 0.25) is 0 Å². The second-order valence-corrected chi connectivity index (χ2v) is 5.16. The number of carbonyl (C=O) groups is 3. The number of esters is 1. The summed E-state index contributed by atoms with van der Waals surface area (Å²) in [5.74, 6) is -1.27. The summed E-state index contributed by atoms with van der Waals surface area (Å²) in [7, 11) is 1.33. The van der Waals surface area contributed by atoms with E-state index >= 15 is 0 Å². The van der Waals surface area contributed by atoms with Gasteiger partial charge < -0.3 is 19.8 Å². The number of methoxy groups -OCH3 is 1. The predicted octanol–water partition coefficient (Wildman–Crippen LogP) is 1.53. The summed E-state index contributed by atoms with van der Waals surface area (Å²) < 4.78 is 9.88. The second-order valence-electron chi connectivity index (χ2n) is 5.16. The van der Waals surface area contributed by atoms with Crippen LogP contribution >= 0.6 is 0 Å². The van der Waals surface area contributed by atoms with Crippen LogP contribution in [0.4, 0.5) is 5.69 Å². The van der Waals surface area contributed by atoms with Gasteiger partial charge in [0.15, 0.2) is 11.5 Å². The molecule has 128 valence electrons. The number of nitrogens with zero attached hydrogens (tertiary/aromatic N) is 1. The molecule has 0 fully saturated rings. The van der Waals surface area contributed by atoms with Crippen LogP contribution in [0.15, 0.2) is 22.6 Å². The molecule has 0 spiro atoms. The summed E-state index contributed by atoms with van der Waals surface area (Å²) in [5, 5.41) is 5.00. The molecule has 0 aliphatic carbocycles. The third kappa shape index (κ3) is 4.80. The van der Waals surface area contributed by atoms with Gasteiger partial charge in [0.05, 0.1) is 7.11 Å². The van der Waals surface area contributed by atoms with E-state index in [4.69, 9.17) is 4.42 Å². The number of hydrogen-bond donors (Lipinski definition) is 2. The van der Waals surface area contributed by atoms with Crippen LogP contribution < -0.4 is 10.6 Å². The number of hydrogen-bond acceptors (Lipinski definition) is 6. The SMILES string of the molecule is COC(=O)CCCCNC(=O)C(=O)Nc1ccc2nc(C)oc2c1. The van der Waals surface area contributed by atoms with Gasteiger partial charge in [-0.05, 0) is 25.0 Å². The van der Waals surface area contributed by atoms with Gasteiger partial charge in [-0.25, -0.2) is 4.98 Å². The van der Waals surface area contributed by atoms with Crippen LogP contribution in [-0.2, 0) is 19.1 Å². The smallest absolute Gasteiger partial charge is 0.313 e. The number of oxazole rings is 1. The van der Waals surface area contributed by atoms with Crippen LogP contribution in [0.3, 0.4) is 0 Å². The van der Waals surface area contributed by atoms with Crippen LogP contribution in [0, 0.1) is 6.92 Å². The number of nitrogens with one attached hydrogen (secondary N) is 2. The van der Waals surface area contributed by atoms with Crippen molar-refractivity contribution in [2.45, 2.75) is 26.2 Å². The Morgan fingerprint density at radius 3 is 2.75 bits per heavy atom. The first-order chi connectivity index (χ1) is 11.5. The Labute approximate surface area is 138 Å². The zero-order valence-corrected chi connectivity index (χ0v) is 13.5. The van der Waals surface area contributed by atoms with Crippen LogP contribution in [0.5, 0.6) is 0 Å². The first-order valence-electron chi connectivity index (χ1n) is 7.53. The fourth-order valence-electron chi connectivity index (χ4n) is 2.08. The van der Waals surface area contributed by atoms with Crippen molar-refractivity contribution in [1.82, 2.24) is 10.3 Å². The Kier molecular flexibility index (Phi) is 5.89. The van der Waals surface area contributed by atoms with Crippen molar-refractivity contribution in [2.75, 3.05) is 19.0 Å². The minimum absolute atomic E-state index is 0.287. The predicted molar refractivity (Wildman–Crippen MR) is 86.3 cm³/mol. The minimum atomic E-state index is -0.765. The monoisotopic (exact) mass is 333 g/mol. The molecule has 2 rings (SSSR count). The Balaban J connectivity index is 1.78.